The molecule has 0 aliphatic carbocycles. The van der Waals surface area contributed by atoms with Gasteiger partial charge in [-0.05, 0) is 65.9 Å². The first kappa shape index (κ1) is 23.3. The highest BCUT2D eigenvalue weighted by Crippen LogP contribution is 2.37. The molecule has 1 aliphatic rings. The Hall–Kier alpha value is -4.46. The Labute approximate surface area is 208 Å². The highest BCUT2D eigenvalue weighted by atomic mass is 16.2. The molecule has 3 aromatic carbocycles. The van der Waals surface area contributed by atoms with E-state index < -0.39 is 0 Å². The maximum Gasteiger partial charge on any atom is 0.350 e. The van der Waals surface area contributed by atoms with Crippen LogP contribution < -0.4 is 15.9 Å². The summed E-state index contributed by atoms with van der Waals surface area (Å²) < 4.78 is 2.78. The molecule has 1 fully saturated rings. The smallest absolute Gasteiger partial charge is 0.350 e. The summed E-state index contributed by atoms with van der Waals surface area (Å²) >= 11 is 0. The summed E-state index contributed by atoms with van der Waals surface area (Å²) in [5.74, 6) is -0.410. The van der Waals surface area contributed by atoms with Crippen molar-refractivity contribution in [2.75, 3.05) is 18.5 Å². The number of carbonyl (C=O) groups is 2. The number of anilines is 1. The number of aromatic nitrogens is 3. The van der Waals surface area contributed by atoms with Crippen LogP contribution in [0.4, 0.5) is 5.69 Å². The van der Waals surface area contributed by atoms with Crippen LogP contribution >= 0.6 is 0 Å². The Bertz CT molecular complexity index is 1520. The monoisotopic (exact) mass is 481 g/mol. The van der Waals surface area contributed by atoms with Gasteiger partial charge in [0.05, 0.1) is 11.6 Å². The molecule has 1 saturated heterocycles. The molecular formula is C28H27N5O3. The topological polar surface area (TPSA) is 89.2 Å². The summed E-state index contributed by atoms with van der Waals surface area (Å²) in [5.41, 5.74) is 5.86. The zero-order valence-corrected chi connectivity index (χ0v) is 20.4. The standard InChI is InChI=1S/C28H27N5O3/c1-18-23(19-10-12-22(13-11-19)33-17-30-31(3)28(33)36)8-5-9-25(18)32-15-14-24(27(32)35)20-6-4-7-21(16-20)26(34)29-2/h4-13,16-17,24H,14-15H2,1-3H3,(H,29,34). The van der Waals surface area contributed by atoms with Crippen LogP contribution in [0.3, 0.4) is 0 Å². The van der Waals surface area contributed by atoms with E-state index in [4.69, 9.17) is 0 Å². The summed E-state index contributed by atoms with van der Waals surface area (Å²) in [7, 11) is 3.21. The Morgan fingerprint density at radius 2 is 1.78 bits per heavy atom. The second-order valence-corrected chi connectivity index (χ2v) is 8.94. The SMILES string of the molecule is CNC(=O)c1cccc(C2CCN(c3cccc(-c4ccc(-n5cnn(C)c5=O)cc4)c3C)C2=O)c1. The number of nitrogens with zero attached hydrogens (tertiary/aromatic N) is 4. The van der Waals surface area contributed by atoms with Gasteiger partial charge >= 0.3 is 5.69 Å². The van der Waals surface area contributed by atoms with Crippen molar-refractivity contribution in [1.82, 2.24) is 19.7 Å². The maximum atomic E-state index is 13.5. The molecule has 2 amide bonds. The van der Waals surface area contributed by atoms with Crippen LogP contribution in [0.25, 0.3) is 16.8 Å². The molecule has 5 rings (SSSR count). The van der Waals surface area contributed by atoms with Gasteiger partial charge in [-0.3, -0.25) is 9.59 Å². The van der Waals surface area contributed by atoms with Gasteiger partial charge in [0.15, 0.2) is 0 Å². The van der Waals surface area contributed by atoms with E-state index in [1.54, 1.807) is 20.2 Å². The Morgan fingerprint density at radius 1 is 1.03 bits per heavy atom. The predicted molar refractivity (Wildman–Crippen MR) is 139 cm³/mol. The van der Waals surface area contributed by atoms with Crippen LogP contribution in [0.15, 0.2) is 77.9 Å². The first-order valence-corrected chi connectivity index (χ1v) is 11.8. The average Bonchev–Trinajstić information content (AvgIpc) is 3.45. The molecule has 1 atom stereocenters. The minimum atomic E-state index is -0.283. The van der Waals surface area contributed by atoms with Crippen molar-refractivity contribution in [3.05, 3.63) is 100 Å². The number of rotatable bonds is 5. The third kappa shape index (κ3) is 4.00. The van der Waals surface area contributed by atoms with Gasteiger partial charge in [0.25, 0.3) is 5.91 Å². The molecule has 8 nitrogen and oxygen atoms in total. The molecule has 8 heteroatoms. The van der Waals surface area contributed by atoms with Gasteiger partial charge in [-0.15, -0.1) is 0 Å². The van der Waals surface area contributed by atoms with Gasteiger partial charge in [0, 0.05) is 31.9 Å². The molecular weight excluding hydrogens is 454 g/mol. The van der Waals surface area contributed by atoms with Crippen molar-refractivity contribution in [3.8, 4) is 16.8 Å². The fraction of sp³-hybridized carbons (Fsp3) is 0.214. The highest BCUT2D eigenvalue weighted by Gasteiger charge is 2.34. The van der Waals surface area contributed by atoms with Gasteiger partial charge in [0.2, 0.25) is 5.91 Å². The van der Waals surface area contributed by atoms with E-state index in [-0.39, 0.29) is 23.4 Å². The second kappa shape index (κ2) is 9.30. The van der Waals surface area contributed by atoms with Gasteiger partial charge in [-0.2, -0.15) is 5.10 Å². The predicted octanol–water partition coefficient (Wildman–Crippen LogP) is 3.43. The number of amides is 2. The molecule has 1 unspecified atom stereocenters. The fourth-order valence-corrected chi connectivity index (χ4v) is 4.86. The van der Waals surface area contributed by atoms with E-state index >= 15 is 0 Å². The summed E-state index contributed by atoms with van der Waals surface area (Å²) in [4.78, 5) is 39.6. The highest BCUT2D eigenvalue weighted by molar-refractivity contribution is 6.02. The van der Waals surface area contributed by atoms with Crippen molar-refractivity contribution in [3.63, 3.8) is 0 Å². The lowest BCUT2D eigenvalue weighted by atomic mass is 9.95. The Kier molecular flexibility index (Phi) is 6.01. The largest absolute Gasteiger partial charge is 0.355 e. The lowest BCUT2D eigenvalue weighted by Gasteiger charge is -2.21. The van der Waals surface area contributed by atoms with Crippen LogP contribution in [0.2, 0.25) is 0 Å². The van der Waals surface area contributed by atoms with Crippen LogP contribution in [0.1, 0.15) is 33.8 Å². The first-order chi connectivity index (χ1) is 17.4. The molecule has 1 N–H and O–H groups in total. The number of carbonyl (C=O) groups excluding carboxylic acids is 2. The van der Waals surface area contributed by atoms with E-state index in [9.17, 15) is 14.4 Å². The van der Waals surface area contributed by atoms with Crippen LogP contribution in [-0.4, -0.2) is 39.8 Å². The van der Waals surface area contributed by atoms with Crippen molar-refractivity contribution >= 4 is 17.5 Å². The van der Waals surface area contributed by atoms with E-state index in [1.807, 2.05) is 72.5 Å². The summed E-state index contributed by atoms with van der Waals surface area (Å²) in [6.45, 7) is 2.64. The van der Waals surface area contributed by atoms with Crippen molar-refractivity contribution in [1.29, 1.82) is 0 Å². The van der Waals surface area contributed by atoms with E-state index in [0.717, 1.165) is 33.6 Å². The number of nitrogens with one attached hydrogen (secondary N) is 1. The summed E-state index contributed by atoms with van der Waals surface area (Å²) in [6.07, 6.45) is 2.19. The molecule has 36 heavy (non-hydrogen) atoms. The van der Waals surface area contributed by atoms with E-state index in [1.165, 1.54) is 15.6 Å². The third-order valence-electron chi connectivity index (χ3n) is 6.86. The molecule has 0 bridgehead atoms. The van der Waals surface area contributed by atoms with Crippen molar-refractivity contribution < 1.29 is 9.59 Å². The minimum Gasteiger partial charge on any atom is -0.355 e. The maximum absolute atomic E-state index is 13.5. The quantitative estimate of drug-likeness (QED) is 0.473. The van der Waals surface area contributed by atoms with Crippen LogP contribution in [0.5, 0.6) is 0 Å². The lowest BCUT2D eigenvalue weighted by molar-refractivity contribution is -0.118. The molecule has 2 heterocycles. The van der Waals surface area contributed by atoms with Crippen molar-refractivity contribution in [2.45, 2.75) is 19.3 Å². The number of hydrogen-bond acceptors (Lipinski definition) is 4. The first-order valence-electron chi connectivity index (χ1n) is 11.8. The fourth-order valence-electron chi connectivity index (χ4n) is 4.86. The molecule has 182 valence electrons. The van der Waals surface area contributed by atoms with E-state index in [0.29, 0.717) is 18.5 Å². The molecule has 0 saturated carbocycles. The lowest BCUT2D eigenvalue weighted by Crippen LogP contribution is -2.27. The molecule has 1 aliphatic heterocycles. The average molecular weight is 482 g/mol. The summed E-state index contributed by atoms with van der Waals surface area (Å²) in [6, 6.07) is 21.0. The number of aryl methyl sites for hydroxylation is 1. The third-order valence-corrected chi connectivity index (χ3v) is 6.86. The molecule has 0 radical (unpaired) electrons. The molecule has 4 aromatic rings. The molecule has 1 aromatic heterocycles. The summed E-state index contributed by atoms with van der Waals surface area (Å²) in [5, 5.41) is 6.64. The number of hydrogen-bond donors (Lipinski definition) is 1. The van der Waals surface area contributed by atoms with Crippen LogP contribution in [0, 0.1) is 6.92 Å². The van der Waals surface area contributed by atoms with Gasteiger partial charge in [-0.25, -0.2) is 14.0 Å². The Morgan fingerprint density at radius 3 is 2.47 bits per heavy atom. The Balaban J connectivity index is 1.42. The second-order valence-electron chi connectivity index (χ2n) is 8.94. The van der Waals surface area contributed by atoms with Crippen LogP contribution in [-0.2, 0) is 11.8 Å². The molecule has 0 spiro atoms. The van der Waals surface area contributed by atoms with Gasteiger partial charge < -0.3 is 10.2 Å². The number of benzene rings is 3. The normalized spacial score (nSPS) is 15.4. The van der Waals surface area contributed by atoms with E-state index in [2.05, 4.69) is 10.4 Å². The minimum absolute atomic E-state index is 0.0376. The van der Waals surface area contributed by atoms with Gasteiger partial charge in [-0.1, -0.05) is 36.4 Å². The van der Waals surface area contributed by atoms with Gasteiger partial charge in [0.1, 0.15) is 6.33 Å². The van der Waals surface area contributed by atoms with Crippen molar-refractivity contribution in [2.24, 2.45) is 7.05 Å². The zero-order chi connectivity index (χ0) is 25.4. The zero-order valence-electron chi connectivity index (χ0n) is 20.4.